The Kier molecular flexibility index (Phi) is 7.72. The highest BCUT2D eigenvalue weighted by atomic mass is 32.1. The number of piperazine rings is 1. The summed E-state index contributed by atoms with van der Waals surface area (Å²) in [6.45, 7) is 4.71. The van der Waals surface area contributed by atoms with E-state index in [1.165, 1.54) is 11.3 Å². The third-order valence-electron chi connectivity index (χ3n) is 5.81. The van der Waals surface area contributed by atoms with Crippen LogP contribution in [0.5, 0.6) is 0 Å². The molecule has 176 valence electrons. The van der Waals surface area contributed by atoms with Crippen molar-refractivity contribution in [1.82, 2.24) is 9.80 Å². The van der Waals surface area contributed by atoms with E-state index in [9.17, 15) is 14.4 Å². The van der Waals surface area contributed by atoms with Crippen LogP contribution in [0, 0.1) is 0 Å². The molecule has 0 bridgehead atoms. The highest BCUT2D eigenvalue weighted by molar-refractivity contribution is 7.12. The Bertz CT molecular complexity index is 1150. The Balaban J connectivity index is 1.29. The van der Waals surface area contributed by atoms with Gasteiger partial charge in [-0.15, -0.1) is 11.3 Å². The molecular weight excluding hydrogens is 448 g/mol. The maximum Gasteiger partial charge on any atom is 0.265 e. The molecule has 1 aliphatic rings. The number of hydrogen-bond acceptors (Lipinski definition) is 5. The fourth-order valence-electron chi connectivity index (χ4n) is 3.97. The summed E-state index contributed by atoms with van der Waals surface area (Å²) < 4.78 is 0. The molecule has 0 spiro atoms. The molecule has 0 aliphatic carbocycles. The number of rotatable bonds is 7. The average Bonchev–Trinajstić information content (AvgIpc) is 3.40. The highest BCUT2D eigenvalue weighted by Crippen LogP contribution is 2.18. The van der Waals surface area contributed by atoms with Gasteiger partial charge in [0.1, 0.15) is 0 Å². The first-order valence-electron chi connectivity index (χ1n) is 11.4. The SMILES string of the molecule is CCc1ccccc1NC(=O)CN1CCN(C(=O)c2cccc(NC(=O)c3cccs3)c2)CC1. The van der Waals surface area contributed by atoms with E-state index in [1.54, 1.807) is 35.2 Å². The summed E-state index contributed by atoms with van der Waals surface area (Å²) in [7, 11) is 0. The molecule has 1 saturated heterocycles. The lowest BCUT2D eigenvalue weighted by molar-refractivity contribution is -0.117. The van der Waals surface area contributed by atoms with Crippen LogP contribution >= 0.6 is 11.3 Å². The molecule has 1 fully saturated rings. The number of para-hydroxylation sites is 1. The zero-order valence-corrected chi connectivity index (χ0v) is 19.9. The van der Waals surface area contributed by atoms with E-state index in [1.807, 2.05) is 35.7 Å². The third-order valence-corrected chi connectivity index (χ3v) is 6.68. The van der Waals surface area contributed by atoms with Crippen LogP contribution in [-0.4, -0.2) is 60.2 Å². The van der Waals surface area contributed by atoms with E-state index in [2.05, 4.69) is 22.5 Å². The Morgan fingerprint density at radius 1 is 0.912 bits per heavy atom. The lowest BCUT2D eigenvalue weighted by Crippen LogP contribution is -2.50. The quantitative estimate of drug-likeness (QED) is 0.541. The van der Waals surface area contributed by atoms with Gasteiger partial charge < -0.3 is 15.5 Å². The molecule has 0 saturated carbocycles. The Hall–Kier alpha value is -3.49. The minimum atomic E-state index is -0.187. The number of nitrogens with one attached hydrogen (secondary N) is 2. The Morgan fingerprint density at radius 2 is 1.71 bits per heavy atom. The van der Waals surface area contributed by atoms with Gasteiger partial charge >= 0.3 is 0 Å². The van der Waals surface area contributed by atoms with Crippen molar-refractivity contribution < 1.29 is 14.4 Å². The lowest BCUT2D eigenvalue weighted by Gasteiger charge is -2.34. The molecule has 7 nitrogen and oxygen atoms in total. The van der Waals surface area contributed by atoms with Crippen LogP contribution in [0.25, 0.3) is 0 Å². The summed E-state index contributed by atoms with van der Waals surface area (Å²) in [6, 6.07) is 18.4. The molecule has 8 heteroatoms. The van der Waals surface area contributed by atoms with Crippen LogP contribution in [0.1, 0.15) is 32.5 Å². The number of carbonyl (C=O) groups is 3. The molecule has 4 rings (SSSR count). The van der Waals surface area contributed by atoms with Crippen LogP contribution in [0.4, 0.5) is 11.4 Å². The molecule has 0 unspecified atom stereocenters. The minimum absolute atomic E-state index is 0.0464. The summed E-state index contributed by atoms with van der Waals surface area (Å²) in [5.41, 5.74) is 3.09. The van der Waals surface area contributed by atoms with E-state index in [0.29, 0.717) is 48.9 Å². The lowest BCUT2D eigenvalue weighted by atomic mass is 10.1. The predicted molar refractivity (Wildman–Crippen MR) is 136 cm³/mol. The molecule has 1 aromatic heterocycles. The Labute approximate surface area is 203 Å². The van der Waals surface area contributed by atoms with Gasteiger partial charge in [0.15, 0.2) is 0 Å². The molecule has 2 heterocycles. The second-order valence-electron chi connectivity index (χ2n) is 8.14. The average molecular weight is 477 g/mol. The van der Waals surface area contributed by atoms with Crippen LogP contribution < -0.4 is 10.6 Å². The molecule has 2 aromatic carbocycles. The Morgan fingerprint density at radius 3 is 2.44 bits per heavy atom. The topological polar surface area (TPSA) is 81.8 Å². The molecule has 0 atom stereocenters. The third kappa shape index (κ3) is 5.89. The molecule has 3 amide bonds. The van der Waals surface area contributed by atoms with Crippen molar-refractivity contribution in [3.63, 3.8) is 0 Å². The van der Waals surface area contributed by atoms with Crippen molar-refractivity contribution in [2.75, 3.05) is 43.4 Å². The number of hydrogen-bond donors (Lipinski definition) is 2. The predicted octanol–water partition coefficient (Wildman–Crippen LogP) is 3.96. The van der Waals surface area contributed by atoms with Gasteiger partial charge in [-0.05, 0) is 47.7 Å². The van der Waals surface area contributed by atoms with Gasteiger partial charge in [0.25, 0.3) is 11.8 Å². The fraction of sp³-hybridized carbons (Fsp3) is 0.269. The molecule has 34 heavy (non-hydrogen) atoms. The normalized spacial score (nSPS) is 14.0. The van der Waals surface area contributed by atoms with Crippen molar-refractivity contribution in [3.8, 4) is 0 Å². The van der Waals surface area contributed by atoms with Gasteiger partial charge in [0.05, 0.1) is 11.4 Å². The number of benzene rings is 2. The van der Waals surface area contributed by atoms with Crippen LogP contribution in [-0.2, 0) is 11.2 Å². The second-order valence-corrected chi connectivity index (χ2v) is 9.09. The summed E-state index contributed by atoms with van der Waals surface area (Å²) in [6.07, 6.45) is 0.857. The number of anilines is 2. The van der Waals surface area contributed by atoms with Crippen LogP contribution in [0.15, 0.2) is 66.0 Å². The smallest absolute Gasteiger partial charge is 0.265 e. The number of nitrogens with zero attached hydrogens (tertiary/aromatic N) is 2. The maximum absolute atomic E-state index is 13.0. The first-order chi connectivity index (χ1) is 16.5. The van der Waals surface area contributed by atoms with Gasteiger partial charge in [-0.3, -0.25) is 19.3 Å². The highest BCUT2D eigenvalue weighted by Gasteiger charge is 2.24. The van der Waals surface area contributed by atoms with Crippen molar-refractivity contribution in [2.24, 2.45) is 0 Å². The zero-order chi connectivity index (χ0) is 23.9. The fourth-order valence-corrected chi connectivity index (χ4v) is 4.58. The standard InChI is InChI=1S/C26H28N4O3S/c1-2-19-7-3-4-10-22(19)28-24(31)18-29-12-14-30(15-13-29)26(33)20-8-5-9-21(17-20)27-25(32)23-11-6-16-34-23/h3-11,16-17H,2,12-15,18H2,1H3,(H,27,32)(H,28,31). The van der Waals surface area contributed by atoms with Gasteiger partial charge in [-0.1, -0.05) is 37.3 Å². The minimum Gasteiger partial charge on any atom is -0.336 e. The maximum atomic E-state index is 13.0. The van der Waals surface area contributed by atoms with E-state index in [4.69, 9.17) is 0 Å². The first kappa shape index (κ1) is 23.7. The van der Waals surface area contributed by atoms with Crippen molar-refractivity contribution in [3.05, 3.63) is 82.0 Å². The molecular formula is C26H28N4O3S. The van der Waals surface area contributed by atoms with E-state index in [-0.39, 0.29) is 17.7 Å². The van der Waals surface area contributed by atoms with E-state index >= 15 is 0 Å². The largest absolute Gasteiger partial charge is 0.336 e. The number of thiophene rings is 1. The van der Waals surface area contributed by atoms with Crippen molar-refractivity contribution in [2.45, 2.75) is 13.3 Å². The summed E-state index contributed by atoms with van der Waals surface area (Å²) >= 11 is 1.37. The monoisotopic (exact) mass is 476 g/mol. The summed E-state index contributed by atoms with van der Waals surface area (Å²) in [5, 5.41) is 7.70. The van der Waals surface area contributed by atoms with Crippen molar-refractivity contribution in [1.29, 1.82) is 0 Å². The molecule has 2 N–H and O–H groups in total. The second kappa shape index (κ2) is 11.1. The summed E-state index contributed by atoms with van der Waals surface area (Å²) in [5.74, 6) is -0.309. The van der Waals surface area contributed by atoms with Crippen molar-refractivity contribution >= 4 is 40.4 Å². The van der Waals surface area contributed by atoms with E-state index < -0.39 is 0 Å². The van der Waals surface area contributed by atoms with Gasteiger partial charge in [0, 0.05) is 43.1 Å². The first-order valence-corrected chi connectivity index (χ1v) is 12.3. The van der Waals surface area contributed by atoms with Crippen LogP contribution in [0.2, 0.25) is 0 Å². The van der Waals surface area contributed by atoms with Crippen LogP contribution in [0.3, 0.4) is 0 Å². The zero-order valence-electron chi connectivity index (χ0n) is 19.1. The molecule has 1 aliphatic heterocycles. The molecule has 0 radical (unpaired) electrons. The van der Waals surface area contributed by atoms with Gasteiger partial charge in [0.2, 0.25) is 5.91 Å². The summed E-state index contributed by atoms with van der Waals surface area (Å²) in [4.78, 5) is 42.3. The number of amides is 3. The van der Waals surface area contributed by atoms with Gasteiger partial charge in [-0.25, -0.2) is 0 Å². The van der Waals surface area contributed by atoms with E-state index in [0.717, 1.165) is 17.7 Å². The number of carbonyl (C=O) groups excluding carboxylic acids is 3. The van der Waals surface area contributed by atoms with Gasteiger partial charge in [-0.2, -0.15) is 0 Å². The molecule has 3 aromatic rings. The number of aryl methyl sites for hydroxylation is 1.